The van der Waals surface area contributed by atoms with Gasteiger partial charge in [0.05, 0.1) is 17.9 Å². The van der Waals surface area contributed by atoms with Crippen LogP contribution in [0.4, 0.5) is 0 Å². The summed E-state index contributed by atoms with van der Waals surface area (Å²) in [6.07, 6.45) is 22.2. The Kier molecular flexibility index (Phi) is 44.4. The molecule has 7 heterocycles. The van der Waals surface area contributed by atoms with Crippen LogP contribution in [0, 0.1) is 57.7 Å². The van der Waals surface area contributed by atoms with Crippen LogP contribution in [0.1, 0.15) is 304 Å². The van der Waals surface area contributed by atoms with Gasteiger partial charge < -0.3 is 38.0 Å². The minimum Gasteiger partial charge on any atom is -0.448 e. The van der Waals surface area contributed by atoms with Crippen molar-refractivity contribution in [2.75, 3.05) is 52.9 Å². The summed E-state index contributed by atoms with van der Waals surface area (Å²) < 4.78 is 31.4. The molecule has 0 amide bonds. The SMILES string of the molecule is C.C.C.C.C.CC(C)(C)C1(O)CCOCC1.CC(C)(C)C1CCC(O)CC1.CC(C)(C)C1CCOC1.CC(C)(C)C1CCOCC1.CC(C)(C)CC1CCOCC1.CC(C)(C)c1cncnc1.CC(C)(C)c1ncco1.Cc1nnc(C(C)(C)C)o1. The van der Waals surface area contributed by atoms with Gasteiger partial charge in [-0.15, -0.1) is 10.2 Å². The lowest BCUT2D eigenvalue weighted by atomic mass is 9.72. The van der Waals surface area contributed by atoms with Crippen molar-refractivity contribution in [3.63, 3.8) is 0 Å². The molecule has 4 saturated heterocycles. The largest absolute Gasteiger partial charge is 0.448 e. The molecule has 3 aromatic heterocycles. The smallest absolute Gasteiger partial charge is 0.221 e. The Labute approximate surface area is 534 Å². The van der Waals surface area contributed by atoms with E-state index in [0.717, 1.165) is 94.9 Å². The maximum atomic E-state index is 10.1. The molecule has 4 aliphatic heterocycles. The van der Waals surface area contributed by atoms with Crippen LogP contribution in [-0.4, -0.2) is 99.9 Å². The molecule has 0 aromatic carbocycles. The summed E-state index contributed by atoms with van der Waals surface area (Å²) in [7, 11) is 0. The van der Waals surface area contributed by atoms with Gasteiger partial charge in [0.25, 0.3) is 0 Å². The molecule has 2 N–H and O–H groups in total. The molecule has 1 aliphatic carbocycles. The number of hydrogen-bond acceptors (Lipinski definition) is 13. The van der Waals surface area contributed by atoms with E-state index in [4.69, 9.17) is 27.8 Å². The molecule has 0 bridgehead atoms. The number of aryl methyl sites for hydroxylation is 1. The lowest BCUT2D eigenvalue weighted by molar-refractivity contribution is -0.126. The molecule has 1 unspecified atom stereocenters. The monoisotopic (exact) mass is 1220 g/mol. The Hall–Kier alpha value is -2.81. The third-order valence-corrected chi connectivity index (χ3v) is 16.1. The predicted molar refractivity (Wildman–Crippen MR) is 368 cm³/mol. The summed E-state index contributed by atoms with van der Waals surface area (Å²) in [4.78, 5) is 11.9. The molecular formula is C73H147N5O8. The van der Waals surface area contributed by atoms with Gasteiger partial charge in [-0.3, -0.25) is 0 Å². The van der Waals surface area contributed by atoms with Crippen molar-refractivity contribution in [3.05, 3.63) is 54.4 Å². The van der Waals surface area contributed by atoms with E-state index in [-0.39, 0.29) is 64.9 Å². The highest BCUT2D eigenvalue weighted by Crippen LogP contribution is 2.39. The van der Waals surface area contributed by atoms with Crippen molar-refractivity contribution >= 4 is 0 Å². The summed E-state index contributed by atoms with van der Waals surface area (Å²) in [5.41, 5.74) is 2.73. The number of nitrogens with zero attached hydrogens (tertiary/aromatic N) is 5. The van der Waals surface area contributed by atoms with Crippen molar-refractivity contribution in [1.29, 1.82) is 0 Å². The first-order valence-electron chi connectivity index (χ1n) is 31.1. The van der Waals surface area contributed by atoms with Crippen LogP contribution in [0.5, 0.6) is 0 Å². The lowest BCUT2D eigenvalue weighted by Crippen LogP contribution is -2.47. The quantitative estimate of drug-likeness (QED) is 0.236. The summed E-state index contributed by atoms with van der Waals surface area (Å²) in [5.74, 6) is 5.53. The second-order valence-electron chi connectivity index (χ2n) is 32.1. The average molecular weight is 1220 g/mol. The zero-order valence-corrected chi connectivity index (χ0v) is 57.0. The van der Waals surface area contributed by atoms with Gasteiger partial charge in [-0.1, -0.05) is 203 Å². The van der Waals surface area contributed by atoms with E-state index in [1.54, 1.807) is 25.7 Å². The van der Waals surface area contributed by atoms with E-state index in [2.05, 4.69) is 171 Å². The zero-order chi connectivity index (χ0) is 62.2. The molecule has 86 heavy (non-hydrogen) atoms. The normalized spacial score (nSPS) is 20.1. The van der Waals surface area contributed by atoms with E-state index in [0.29, 0.717) is 46.7 Å². The second-order valence-corrected chi connectivity index (χ2v) is 32.1. The number of ether oxygens (including phenoxy) is 4. The van der Waals surface area contributed by atoms with Gasteiger partial charge in [-0.2, -0.15) is 0 Å². The zero-order valence-electron chi connectivity index (χ0n) is 57.0. The Balaban J connectivity index is -0.000000288. The average Bonchev–Trinajstić information content (AvgIpc) is 4.18. The number of oxazole rings is 1. The molecule has 8 rings (SSSR count). The maximum absolute atomic E-state index is 10.1. The van der Waals surface area contributed by atoms with Crippen molar-refractivity contribution in [2.24, 2.45) is 50.7 Å². The van der Waals surface area contributed by atoms with Crippen molar-refractivity contribution in [3.8, 4) is 0 Å². The third kappa shape index (κ3) is 40.0. The van der Waals surface area contributed by atoms with Gasteiger partial charge in [-0.05, 0) is 126 Å². The number of aromatic nitrogens is 5. The Morgan fingerprint density at radius 2 is 0.895 bits per heavy atom. The lowest BCUT2D eigenvalue weighted by Gasteiger charge is -2.42. The fourth-order valence-electron chi connectivity index (χ4n) is 9.88. The summed E-state index contributed by atoms with van der Waals surface area (Å²) in [6.45, 7) is 61.8. The first-order chi connectivity index (χ1) is 37.0. The minimum absolute atomic E-state index is 0. The second kappa shape index (κ2) is 41.5. The van der Waals surface area contributed by atoms with E-state index >= 15 is 0 Å². The molecule has 3 aromatic rings. The van der Waals surface area contributed by atoms with Crippen molar-refractivity contribution in [1.82, 2.24) is 25.1 Å². The van der Waals surface area contributed by atoms with Gasteiger partial charge >= 0.3 is 0 Å². The molecule has 13 nitrogen and oxygen atoms in total. The first kappa shape index (κ1) is 91.9. The van der Waals surface area contributed by atoms with Crippen LogP contribution in [0.25, 0.3) is 0 Å². The summed E-state index contributed by atoms with van der Waals surface area (Å²) in [5, 5.41) is 27.1. The van der Waals surface area contributed by atoms with Crippen LogP contribution in [-0.2, 0) is 35.2 Å². The van der Waals surface area contributed by atoms with Crippen LogP contribution < -0.4 is 0 Å². The molecule has 1 saturated carbocycles. The van der Waals surface area contributed by atoms with Crippen LogP contribution in [0.15, 0.2) is 40.0 Å². The van der Waals surface area contributed by atoms with E-state index in [1.807, 2.05) is 33.2 Å². The van der Waals surface area contributed by atoms with E-state index in [1.165, 1.54) is 56.9 Å². The summed E-state index contributed by atoms with van der Waals surface area (Å²) in [6, 6.07) is 0. The van der Waals surface area contributed by atoms with Crippen molar-refractivity contribution < 1.29 is 38.0 Å². The molecule has 1 atom stereocenters. The first-order valence-corrected chi connectivity index (χ1v) is 31.1. The molecule has 13 heteroatoms. The molecule has 5 fully saturated rings. The topological polar surface area (TPSA) is 168 Å². The number of aliphatic hydroxyl groups excluding tert-OH is 1. The molecular weight excluding hydrogens is 1070 g/mol. The van der Waals surface area contributed by atoms with Gasteiger partial charge in [0.15, 0.2) is 5.89 Å². The van der Waals surface area contributed by atoms with Crippen LogP contribution >= 0.6 is 0 Å². The fraction of sp³-hybridized carbons (Fsp3) is 0.877. The standard InChI is InChI=1S/2C10H20O.C9H18O2.C9H18O.C8H12N2.C8H16O.C7H12N2O.C7H11NO.5CH4/c1-10(2,3)8-9-4-6-11-7-5-9;1-10(2,3)8-4-6-9(11)7-5-8;1-8(2,3)9(10)4-6-11-7-5-9;1-9(2,3)8-4-6-10-7-5-8;1-8(2,3)7-4-9-6-10-5-7;1-8(2,3)7-4-5-9-6-7;1-5-8-9-6(10-5)7(2,3)4;1-7(2,3)6-8-4-5-9-6;;;;;/h9H,4-8H2,1-3H3;8-9,11H,4-7H2,1-3H3;10H,4-7H2,1-3H3;8H,4-7H2,1-3H3;4-6H,1-3H3;7H,4-6H2,1-3H3;1-4H3;4-5H,1-3H3;5*1H4. The Morgan fingerprint density at radius 3 is 1.16 bits per heavy atom. The highest BCUT2D eigenvalue weighted by molar-refractivity contribution is 5.13. The van der Waals surface area contributed by atoms with E-state index < -0.39 is 5.60 Å². The highest BCUT2D eigenvalue weighted by atomic mass is 16.5. The predicted octanol–water partition coefficient (Wildman–Crippen LogP) is 20.1. The molecule has 512 valence electrons. The number of hydrogen-bond donors (Lipinski definition) is 2. The van der Waals surface area contributed by atoms with Gasteiger partial charge in [-0.25, -0.2) is 15.0 Å². The highest BCUT2D eigenvalue weighted by Gasteiger charge is 2.41. The maximum Gasteiger partial charge on any atom is 0.221 e. The molecule has 5 aliphatic rings. The van der Waals surface area contributed by atoms with Gasteiger partial charge in [0.2, 0.25) is 11.8 Å². The Bertz CT molecular complexity index is 2000. The molecule has 0 radical (unpaired) electrons. The molecule has 0 spiro atoms. The minimum atomic E-state index is -0.509. The van der Waals surface area contributed by atoms with Crippen LogP contribution in [0.2, 0.25) is 0 Å². The number of aliphatic hydroxyl groups is 2. The summed E-state index contributed by atoms with van der Waals surface area (Å²) >= 11 is 0. The third-order valence-electron chi connectivity index (χ3n) is 16.1. The van der Waals surface area contributed by atoms with Crippen molar-refractivity contribution in [2.45, 2.75) is 315 Å². The number of rotatable bonds is 1. The Morgan fingerprint density at radius 1 is 0.488 bits per heavy atom. The van der Waals surface area contributed by atoms with E-state index in [9.17, 15) is 10.2 Å². The fourth-order valence-corrected chi connectivity index (χ4v) is 9.88. The van der Waals surface area contributed by atoms with Crippen LogP contribution in [0.3, 0.4) is 0 Å². The van der Waals surface area contributed by atoms with Gasteiger partial charge in [0.1, 0.15) is 12.6 Å². The van der Waals surface area contributed by atoms with Gasteiger partial charge in [0, 0.05) is 95.8 Å².